The van der Waals surface area contributed by atoms with Crippen LogP contribution in [-0.4, -0.2) is 22.1 Å². The Labute approximate surface area is 207 Å². The van der Waals surface area contributed by atoms with Gasteiger partial charge in [-0.3, -0.25) is 9.59 Å². The largest absolute Gasteiger partial charge is 0.507 e. The minimum atomic E-state index is -0.930. The fourth-order valence-electron chi connectivity index (χ4n) is 4.42. The standard InChI is InChI=1S/C30H22FNO4/c1-17-6-7-18(12-21(17)14-29(34)35)13-25-24-15-23(26(31)16-27(24)32-30(25)36)20-10-8-19(9-11-20)22-4-2-3-5-28(22)33/h2-13,15-16,33H,14H2,1H3,(H,32,36)(H,34,35)/b25-13-. The Morgan fingerprint density at radius 1 is 0.917 bits per heavy atom. The highest BCUT2D eigenvalue weighted by Gasteiger charge is 2.26. The van der Waals surface area contributed by atoms with Gasteiger partial charge in [-0.1, -0.05) is 60.7 Å². The topological polar surface area (TPSA) is 86.6 Å². The molecule has 0 fully saturated rings. The highest BCUT2D eigenvalue weighted by Crippen LogP contribution is 2.39. The summed E-state index contributed by atoms with van der Waals surface area (Å²) in [6, 6.07) is 22.5. The number of fused-ring (bicyclic) bond motifs is 1. The van der Waals surface area contributed by atoms with Gasteiger partial charge in [0.15, 0.2) is 0 Å². The molecule has 36 heavy (non-hydrogen) atoms. The van der Waals surface area contributed by atoms with Crippen LogP contribution in [-0.2, 0) is 16.0 Å². The number of aliphatic carboxylic acids is 1. The van der Waals surface area contributed by atoms with Gasteiger partial charge in [0.05, 0.1) is 12.1 Å². The van der Waals surface area contributed by atoms with E-state index in [9.17, 15) is 19.8 Å². The summed E-state index contributed by atoms with van der Waals surface area (Å²) < 4.78 is 15.1. The van der Waals surface area contributed by atoms with Crippen molar-refractivity contribution in [2.45, 2.75) is 13.3 Å². The van der Waals surface area contributed by atoms with Gasteiger partial charge in [0, 0.05) is 22.3 Å². The van der Waals surface area contributed by atoms with E-state index in [-0.39, 0.29) is 18.1 Å². The van der Waals surface area contributed by atoms with Crippen LogP contribution in [0.2, 0.25) is 0 Å². The predicted octanol–water partition coefficient (Wildman–Crippen LogP) is 6.29. The third-order valence-electron chi connectivity index (χ3n) is 6.33. The second kappa shape index (κ2) is 9.15. The van der Waals surface area contributed by atoms with E-state index < -0.39 is 11.8 Å². The van der Waals surface area contributed by atoms with Crippen LogP contribution in [0.5, 0.6) is 5.75 Å². The van der Waals surface area contributed by atoms with Crippen molar-refractivity contribution in [2.24, 2.45) is 0 Å². The van der Waals surface area contributed by atoms with Crippen LogP contribution in [0, 0.1) is 12.7 Å². The number of phenolic OH excluding ortho intramolecular Hbond substituents is 1. The quantitative estimate of drug-likeness (QED) is 0.294. The normalized spacial score (nSPS) is 13.5. The van der Waals surface area contributed by atoms with Gasteiger partial charge < -0.3 is 15.5 Å². The molecule has 1 heterocycles. The van der Waals surface area contributed by atoms with Crippen molar-refractivity contribution in [3.63, 3.8) is 0 Å². The number of aryl methyl sites for hydroxylation is 1. The first kappa shape index (κ1) is 23.1. The van der Waals surface area contributed by atoms with Crippen LogP contribution < -0.4 is 5.32 Å². The van der Waals surface area contributed by atoms with Gasteiger partial charge in [-0.15, -0.1) is 0 Å². The highest BCUT2D eigenvalue weighted by molar-refractivity contribution is 6.35. The number of halogens is 1. The summed E-state index contributed by atoms with van der Waals surface area (Å²) in [5.41, 5.74) is 5.99. The van der Waals surface area contributed by atoms with Crippen molar-refractivity contribution in [3.8, 4) is 28.0 Å². The molecule has 3 N–H and O–H groups in total. The summed E-state index contributed by atoms with van der Waals surface area (Å²) >= 11 is 0. The molecule has 178 valence electrons. The van der Waals surface area contributed by atoms with Crippen LogP contribution in [0.15, 0.2) is 78.9 Å². The molecular weight excluding hydrogens is 457 g/mol. The number of amides is 1. The maximum atomic E-state index is 15.1. The number of nitrogens with one attached hydrogen (secondary N) is 1. The van der Waals surface area contributed by atoms with Crippen molar-refractivity contribution in [1.29, 1.82) is 0 Å². The summed E-state index contributed by atoms with van der Waals surface area (Å²) in [4.78, 5) is 23.9. The number of carboxylic acids is 1. The molecule has 1 amide bonds. The van der Waals surface area contributed by atoms with Crippen LogP contribution in [0.25, 0.3) is 33.9 Å². The zero-order chi connectivity index (χ0) is 25.4. The molecule has 5 nitrogen and oxygen atoms in total. The first-order chi connectivity index (χ1) is 17.3. The average molecular weight is 480 g/mol. The van der Waals surface area contributed by atoms with E-state index in [0.717, 1.165) is 11.1 Å². The van der Waals surface area contributed by atoms with Crippen molar-refractivity contribution in [3.05, 3.63) is 107 Å². The van der Waals surface area contributed by atoms with Crippen molar-refractivity contribution in [2.75, 3.05) is 5.32 Å². The van der Waals surface area contributed by atoms with Crippen LogP contribution in [0.4, 0.5) is 10.1 Å². The molecule has 0 spiro atoms. The Balaban J connectivity index is 1.53. The van der Waals surface area contributed by atoms with E-state index in [1.54, 1.807) is 42.5 Å². The number of rotatable bonds is 5. The van der Waals surface area contributed by atoms with E-state index in [1.807, 2.05) is 43.3 Å². The molecule has 1 aliphatic rings. The van der Waals surface area contributed by atoms with E-state index in [4.69, 9.17) is 0 Å². The number of para-hydroxylation sites is 1. The highest BCUT2D eigenvalue weighted by atomic mass is 19.1. The summed E-state index contributed by atoms with van der Waals surface area (Å²) in [5.74, 6) is -1.59. The van der Waals surface area contributed by atoms with Crippen molar-refractivity contribution >= 4 is 29.2 Å². The Morgan fingerprint density at radius 2 is 1.61 bits per heavy atom. The lowest BCUT2D eigenvalue weighted by Crippen LogP contribution is -2.04. The smallest absolute Gasteiger partial charge is 0.307 e. The van der Waals surface area contributed by atoms with E-state index in [2.05, 4.69) is 5.32 Å². The molecule has 4 aromatic rings. The van der Waals surface area contributed by atoms with E-state index >= 15 is 4.39 Å². The van der Waals surface area contributed by atoms with Crippen LogP contribution >= 0.6 is 0 Å². The number of carbonyl (C=O) groups excluding carboxylic acids is 1. The second-order valence-electron chi connectivity index (χ2n) is 8.74. The molecule has 0 aromatic heterocycles. The van der Waals surface area contributed by atoms with E-state index in [1.165, 1.54) is 6.07 Å². The Kier molecular flexibility index (Phi) is 5.86. The summed E-state index contributed by atoms with van der Waals surface area (Å²) in [7, 11) is 0. The van der Waals surface area contributed by atoms with Gasteiger partial charge >= 0.3 is 5.97 Å². The predicted molar refractivity (Wildman–Crippen MR) is 138 cm³/mol. The van der Waals surface area contributed by atoms with Gasteiger partial charge in [-0.25, -0.2) is 4.39 Å². The number of carbonyl (C=O) groups is 2. The number of phenols is 1. The first-order valence-electron chi connectivity index (χ1n) is 11.4. The Morgan fingerprint density at radius 3 is 2.31 bits per heavy atom. The van der Waals surface area contributed by atoms with Crippen LogP contribution in [0.3, 0.4) is 0 Å². The maximum Gasteiger partial charge on any atom is 0.307 e. The molecule has 1 aliphatic heterocycles. The molecule has 0 saturated heterocycles. The minimum absolute atomic E-state index is 0.113. The zero-order valence-electron chi connectivity index (χ0n) is 19.4. The fraction of sp³-hybridized carbons (Fsp3) is 0.0667. The lowest BCUT2D eigenvalue weighted by molar-refractivity contribution is -0.136. The third-order valence-corrected chi connectivity index (χ3v) is 6.33. The lowest BCUT2D eigenvalue weighted by atomic mass is 9.95. The third kappa shape index (κ3) is 4.36. The van der Waals surface area contributed by atoms with Gasteiger partial charge in [0.2, 0.25) is 0 Å². The number of carboxylic acid groups (broad SMARTS) is 1. The van der Waals surface area contributed by atoms with Crippen molar-refractivity contribution in [1.82, 2.24) is 0 Å². The zero-order valence-corrected chi connectivity index (χ0v) is 19.4. The molecule has 0 saturated carbocycles. The number of anilines is 1. The molecular formula is C30H22FNO4. The number of benzene rings is 4. The summed E-state index contributed by atoms with van der Waals surface area (Å²) in [6.45, 7) is 1.84. The molecule has 0 unspecified atom stereocenters. The maximum absolute atomic E-state index is 15.1. The molecule has 0 radical (unpaired) electrons. The molecule has 0 aliphatic carbocycles. The number of hydrogen-bond acceptors (Lipinski definition) is 3. The molecule has 0 atom stereocenters. The minimum Gasteiger partial charge on any atom is -0.507 e. The SMILES string of the molecule is Cc1ccc(/C=C2\C(=O)Nc3cc(F)c(-c4ccc(-c5ccccc5O)cc4)cc32)cc1CC(=O)O. The van der Waals surface area contributed by atoms with Gasteiger partial charge in [-0.05, 0) is 59.0 Å². The van der Waals surface area contributed by atoms with Gasteiger partial charge in [0.1, 0.15) is 11.6 Å². The molecule has 6 heteroatoms. The number of aromatic hydroxyl groups is 1. The summed E-state index contributed by atoms with van der Waals surface area (Å²) in [6.07, 6.45) is 1.58. The Hall–Kier alpha value is -4.71. The van der Waals surface area contributed by atoms with Crippen molar-refractivity contribution < 1.29 is 24.2 Å². The monoisotopic (exact) mass is 479 g/mol. The second-order valence-corrected chi connectivity index (χ2v) is 8.74. The Bertz CT molecular complexity index is 1550. The van der Waals surface area contributed by atoms with Gasteiger partial charge in [0.25, 0.3) is 5.91 Å². The average Bonchev–Trinajstić information content (AvgIpc) is 3.14. The molecule has 0 bridgehead atoms. The number of hydrogen-bond donors (Lipinski definition) is 3. The summed E-state index contributed by atoms with van der Waals surface area (Å²) in [5, 5.41) is 22.0. The fourth-order valence-corrected chi connectivity index (χ4v) is 4.42. The van der Waals surface area contributed by atoms with Crippen LogP contribution in [0.1, 0.15) is 22.3 Å². The molecule has 4 aromatic carbocycles. The first-order valence-corrected chi connectivity index (χ1v) is 11.4. The van der Waals surface area contributed by atoms with E-state index in [0.29, 0.717) is 44.6 Å². The lowest BCUT2D eigenvalue weighted by Gasteiger charge is -2.10. The van der Waals surface area contributed by atoms with Gasteiger partial charge in [-0.2, -0.15) is 0 Å². The molecule has 5 rings (SSSR count).